The molecule has 2 aliphatic rings. The van der Waals surface area contributed by atoms with E-state index in [1.807, 2.05) is 30.1 Å². The number of carbonyl (C=O) groups is 3. The second-order valence-electron chi connectivity index (χ2n) is 7.34. The predicted octanol–water partition coefficient (Wildman–Crippen LogP) is 0.789. The Morgan fingerprint density at radius 2 is 1.93 bits per heavy atom. The number of anilines is 2. The molecule has 0 saturated carbocycles. The third-order valence-corrected chi connectivity index (χ3v) is 5.43. The van der Waals surface area contributed by atoms with Gasteiger partial charge in [-0.25, -0.2) is 0 Å². The highest BCUT2D eigenvalue weighted by Gasteiger charge is 2.31. The number of hydrogen-bond donors (Lipinski definition) is 2. The summed E-state index contributed by atoms with van der Waals surface area (Å²) in [5.74, 6) is -0.557. The van der Waals surface area contributed by atoms with E-state index in [4.69, 9.17) is 4.74 Å². The molecule has 3 amide bonds. The lowest BCUT2D eigenvalue weighted by atomic mass is 10.0. The van der Waals surface area contributed by atoms with Gasteiger partial charge in [0, 0.05) is 26.1 Å². The molecule has 28 heavy (non-hydrogen) atoms. The SMILES string of the molecule is CN(C=O)c1c(COC2CCNCC2)cccc1N(C)C1CCC(=O)NC1=O. The molecule has 2 heterocycles. The van der Waals surface area contributed by atoms with Crippen LogP contribution in [0.3, 0.4) is 0 Å². The highest BCUT2D eigenvalue weighted by molar-refractivity contribution is 6.02. The van der Waals surface area contributed by atoms with Crippen molar-refractivity contribution < 1.29 is 19.1 Å². The van der Waals surface area contributed by atoms with Gasteiger partial charge in [-0.1, -0.05) is 12.1 Å². The van der Waals surface area contributed by atoms with E-state index in [-0.39, 0.29) is 17.9 Å². The lowest BCUT2D eigenvalue weighted by Crippen LogP contribution is -2.51. The number of amides is 3. The average molecular weight is 388 g/mol. The van der Waals surface area contributed by atoms with Crippen molar-refractivity contribution in [3.05, 3.63) is 23.8 Å². The molecule has 2 fully saturated rings. The normalized spacial score (nSPS) is 20.6. The lowest BCUT2D eigenvalue weighted by molar-refractivity contribution is -0.134. The lowest BCUT2D eigenvalue weighted by Gasteiger charge is -2.34. The topological polar surface area (TPSA) is 91.0 Å². The highest BCUT2D eigenvalue weighted by atomic mass is 16.5. The highest BCUT2D eigenvalue weighted by Crippen LogP contribution is 2.34. The molecule has 2 saturated heterocycles. The van der Waals surface area contributed by atoms with Gasteiger partial charge in [-0.05, 0) is 38.4 Å². The van der Waals surface area contributed by atoms with Crippen LogP contribution in [0.4, 0.5) is 11.4 Å². The van der Waals surface area contributed by atoms with E-state index >= 15 is 0 Å². The second kappa shape index (κ2) is 9.16. The maximum Gasteiger partial charge on any atom is 0.249 e. The third-order valence-electron chi connectivity index (χ3n) is 5.43. The average Bonchev–Trinajstić information content (AvgIpc) is 2.71. The fourth-order valence-electron chi connectivity index (χ4n) is 3.83. The zero-order valence-electron chi connectivity index (χ0n) is 16.4. The van der Waals surface area contributed by atoms with Crippen molar-refractivity contribution in [3.63, 3.8) is 0 Å². The first kappa shape index (κ1) is 20.3. The van der Waals surface area contributed by atoms with E-state index in [2.05, 4.69) is 10.6 Å². The van der Waals surface area contributed by atoms with Gasteiger partial charge in [0.25, 0.3) is 0 Å². The standard InChI is InChI=1S/C20H28N4O4/c1-23(13-25)19-14(12-28-15-8-10-21-11-9-15)4-3-5-16(19)24(2)17-6-7-18(26)22-20(17)27/h3-5,13,15,17,21H,6-12H2,1-2H3,(H,22,26,27). The van der Waals surface area contributed by atoms with Gasteiger partial charge in [0.1, 0.15) is 6.04 Å². The van der Waals surface area contributed by atoms with Gasteiger partial charge < -0.3 is 19.9 Å². The van der Waals surface area contributed by atoms with Crippen LogP contribution < -0.4 is 20.4 Å². The minimum atomic E-state index is -0.461. The molecular weight excluding hydrogens is 360 g/mol. The van der Waals surface area contributed by atoms with Crippen LogP contribution in [0.5, 0.6) is 0 Å². The van der Waals surface area contributed by atoms with Gasteiger partial charge >= 0.3 is 0 Å². The molecule has 1 aromatic rings. The van der Waals surface area contributed by atoms with E-state index in [0.717, 1.165) is 49.3 Å². The Hall–Kier alpha value is -2.45. The van der Waals surface area contributed by atoms with Crippen LogP contribution >= 0.6 is 0 Å². The fourth-order valence-corrected chi connectivity index (χ4v) is 3.83. The Labute approximate surface area is 165 Å². The number of imide groups is 1. The van der Waals surface area contributed by atoms with E-state index in [0.29, 0.717) is 19.4 Å². The predicted molar refractivity (Wildman–Crippen MR) is 106 cm³/mol. The molecular formula is C20H28N4O4. The van der Waals surface area contributed by atoms with Crippen LogP contribution in [-0.4, -0.2) is 57.6 Å². The van der Waals surface area contributed by atoms with Gasteiger partial charge in [0.05, 0.1) is 24.1 Å². The van der Waals surface area contributed by atoms with Crippen molar-refractivity contribution >= 4 is 29.6 Å². The molecule has 3 rings (SSSR count). The minimum absolute atomic E-state index is 0.201. The summed E-state index contributed by atoms with van der Waals surface area (Å²) < 4.78 is 6.09. The number of ether oxygens (including phenoxy) is 1. The van der Waals surface area contributed by atoms with Gasteiger partial charge in [-0.15, -0.1) is 0 Å². The van der Waals surface area contributed by atoms with Crippen molar-refractivity contribution in [2.24, 2.45) is 0 Å². The van der Waals surface area contributed by atoms with Crippen molar-refractivity contribution in [2.75, 3.05) is 37.0 Å². The maximum absolute atomic E-state index is 12.3. The smallest absolute Gasteiger partial charge is 0.249 e. The van der Waals surface area contributed by atoms with E-state index in [1.165, 1.54) is 4.90 Å². The number of hydrogen-bond acceptors (Lipinski definition) is 6. The largest absolute Gasteiger partial charge is 0.373 e. The van der Waals surface area contributed by atoms with Gasteiger partial charge in [0.15, 0.2) is 0 Å². The van der Waals surface area contributed by atoms with Crippen LogP contribution in [0.2, 0.25) is 0 Å². The first-order valence-electron chi connectivity index (χ1n) is 9.70. The van der Waals surface area contributed by atoms with Crippen molar-refractivity contribution in [3.8, 4) is 0 Å². The number of benzene rings is 1. The summed E-state index contributed by atoms with van der Waals surface area (Å²) in [6.07, 6.45) is 3.64. The van der Waals surface area contributed by atoms with E-state index in [1.54, 1.807) is 7.05 Å². The zero-order chi connectivity index (χ0) is 20.1. The number of carbonyl (C=O) groups excluding carboxylic acids is 3. The van der Waals surface area contributed by atoms with E-state index in [9.17, 15) is 14.4 Å². The molecule has 2 aliphatic heterocycles. The maximum atomic E-state index is 12.3. The van der Waals surface area contributed by atoms with E-state index < -0.39 is 6.04 Å². The van der Waals surface area contributed by atoms with Crippen molar-refractivity contribution in [1.82, 2.24) is 10.6 Å². The molecule has 0 radical (unpaired) electrons. The third kappa shape index (κ3) is 4.51. The summed E-state index contributed by atoms with van der Waals surface area (Å²) in [6, 6.07) is 5.27. The molecule has 1 unspecified atom stereocenters. The first-order valence-corrected chi connectivity index (χ1v) is 9.70. The molecule has 1 aromatic carbocycles. The Balaban J connectivity index is 1.84. The molecule has 8 nitrogen and oxygen atoms in total. The molecule has 0 bridgehead atoms. The first-order chi connectivity index (χ1) is 13.5. The Morgan fingerprint density at radius 3 is 2.61 bits per heavy atom. The summed E-state index contributed by atoms with van der Waals surface area (Å²) >= 11 is 0. The molecule has 0 spiro atoms. The monoisotopic (exact) mass is 388 g/mol. The summed E-state index contributed by atoms with van der Waals surface area (Å²) in [4.78, 5) is 38.7. The van der Waals surface area contributed by atoms with Crippen LogP contribution in [0, 0.1) is 0 Å². The summed E-state index contributed by atoms with van der Waals surface area (Å²) in [6.45, 7) is 2.29. The quantitative estimate of drug-likeness (QED) is 0.530. The summed E-state index contributed by atoms with van der Waals surface area (Å²) in [5, 5.41) is 5.71. The van der Waals surface area contributed by atoms with Gasteiger partial charge in [0.2, 0.25) is 18.2 Å². The summed E-state index contributed by atoms with van der Waals surface area (Å²) in [7, 11) is 3.51. The van der Waals surface area contributed by atoms with Crippen molar-refractivity contribution in [2.45, 2.75) is 44.4 Å². The summed E-state index contributed by atoms with van der Waals surface area (Å²) in [5.41, 5.74) is 2.37. The number of nitrogens with zero attached hydrogens (tertiary/aromatic N) is 2. The van der Waals surface area contributed by atoms with Gasteiger partial charge in [-0.2, -0.15) is 0 Å². The number of piperidine rings is 2. The Bertz CT molecular complexity index is 733. The molecule has 1 atom stereocenters. The molecule has 2 N–H and O–H groups in total. The van der Waals surface area contributed by atoms with Crippen molar-refractivity contribution in [1.29, 1.82) is 0 Å². The van der Waals surface area contributed by atoms with Gasteiger partial charge in [-0.3, -0.25) is 19.7 Å². The number of rotatable bonds is 7. The van der Waals surface area contributed by atoms with Crippen LogP contribution in [0.15, 0.2) is 18.2 Å². The molecule has 0 aromatic heterocycles. The number of para-hydroxylation sites is 1. The van der Waals surface area contributed by atoms with Crippen LogP contribution in [-0.2, 0) is 25.7 Å². The molecule has 8 heteroatoms. The van der Waals surface area contributed by atoms with Crippen LogP contribution in [0.1, 0.15) is 31.2 Å². The molecule has 0 aliphatic carbocycles. The Kier molecular flexibility index (Phi) is 6.64. The Morgan fingerprint density at radius 1 is 1.18 bits per heavy atom. The fraction of sp³-hybridized carbons (Fsp3) is 0.550. The zero-order valence-corrected chi connectivity index (χ0v) is 16.4. The molecule has 152 valence electrons. The second-order valence-corrected chi connectivity index (χ2v) is 7.34. The number of likely N-dealkylation sites (N-methyl/N-ethyl adjacent to an activating group) is 1. The number of nitrogens with one attached hydrogen (secondary N) is 2. The minimum Gasteiger partial charge on any atom is -0.373 e. The van der Waals surface area contributed by atoms with Crippen LogP contribution in [0.25, 0.3) is 0 Å².